The zero-order valence-corrected chi connectivity index (χ0v) is 18.0. The van der Waals surface area contributed by atoms with E-state index in [1.165, 1.54) is 11.1 Å². The Hall–Kier alpha value is -2.21. The number of aryl methyl sites for hydroxylation is 2. The number of carbonyl (C=O) groups is 1. The first-order valence-electron chi connectivity index (χ1n) is 10.9. The van der Waals surface area contributed by atoms with Crippen molar-refractivity contribution in [1.82, 2.24) is 10.2 Å². The topological polar surface area (TPSA) is 50.8 Å². The van der Waals surface area contributed by atoms with Gasteiger partial charge in [0, 0.05) is 31.7 Å². The third-order valence-electron chi connectivity index (χ3n) is 6.10. The molecule has 0 bridgehead atoms. The molecule has 1 spiro atoms. The fraction of sp³-hybridized carbons (Fsp3) is 0.480. The first kappa shape index (κ1) is 21.0. The molecule has 2 aliphatic heterocycles. The van der Waals surface area contributed by atoms with Gasteiger partial charge in [0.2, 0.25) is 0 Å². The summed E-state index contributed by atoms with van der Waals surface area (Å²) in [6.45, 7) is 8.70. The molecule has 5 heteroatoms. The van der Waals surface area contributed by atoms with E-state index in [0.29, 0.717) is 18.7 Å². The van der Waals surface area contributed by atoms with Gasteiger partial charge in [-0.05, 0) is 44.4 Å². The van der Waals surface area contributed by atoms with Crippen LogP contribution in [0.4, 0.5) is 0 Å². The molecule has 30 heavy (non-hydrogen) atoms. The Bertz CT molecular complexity index is 850. The van der Waals surface area contributed by atoms with Crippen LogP contribution in [0.15, 0.2) is 48.5 Å². The third-order valence-corrected chi connectivity index (χ3v) is 6.10. The van der Waals surface area contributed by atoms with E-state index in [2.05, 4.69) is 41.4 Å². The lowest BCUT2D eigenvalue weighted by Gasteiger charge is -2.32. The second-order valence-corrected chi connectivity index (χ2v) is 8.79. The van der Waals surface area contributed by atoms with Gasteiger partial charge < -0.3 is 14.8 Å². The Labute approximate surface area is 179 Å². The van der Waals surface area contributed by atoms with Crippen LogP contribution < -0.4 is 5.32 Å². The van der Waals surface area contributed by atoms with Crippen LogP contribution >= 0.6 is 0 Å². The van der Waals surface area contributed by atoms with Crippen LogP contribution in [0.25, 0.3) is 0 Å². The summed E-state index contributed by atoms with van der Waals surface area (Å²) < 4.78 is 12.4. The molecule has 160 valence electrons. The number of carbonyl (C=O) groups excluding carboxylic acids is 1. The Kier molecular flexibility index (Phi) is 6.52. The van der Waals surface area contributed by atoms with Crippen molar-refractivity contribution in [3.63, 3.8) is 0 Å². The Morgan fingerprint density at radius 2 is 1.80 bits per heavy atom. The molecule has 2 atom stereocenters. The normalized spacial score (nSPS) is 24.7. The van der Waals surface area contributed by atoms with Crippen LogP contribution in [-0.4, -0.2) is 55.4 Å². The maximum atomic E-state index is 12.4. The number of hydrogen-bond donors (Lipinski definition) is 1. The van der Waals surface area contributed by atoms with Gasteiger partial charge in [0.05, 0.1) is 19.3 Å². The summed E-state index contributed by atoms with van der Waals surface area (Å²) in [6.07, 6.45) is 1.93. The average Bonchev–Trinajstić information content (AvgIpc) is 3.03. The van der Waals surface area contributed by atoms with Crippen molar-refractivity contribution in [3.05, 3.63) is 70.8 Å². The Morgan fingerprint density at radius 1 is 1.10 bits per heavy atom. The molecule has 2 aromatic rings. The molecule has 0 aliphatic carbocycles. The highest BCUT2D eigenvalue weighted by atomic mass is 16.6. The summed E-state index contributed by atoms with van der Waals surface area (Å²) in [6, 6.07) is 16.4. The number of hydrogen-bond acceptors (Lipinski definition) is 4. The smallest absolute Gasteiger partial charge is 0.251 e. The van der Waals surface area contributed by atoms with Gasteiger partial charge in [-0.3, -0.25) is 9.69 Å². The third kappa shape index (κ3) is 5.28. The van der Waals surface area contributed by atoms with Crippen LogP contribution in [0.5, 0.6) is 0 Å². The van der Waals surface area contributed by atoms with E-state index in [9.17, 15) is 4.79 Å². The fourth-order valence-corrected chi connectivity index (χ4v) is 4.35. The van der Waals surface area contributed by atoms with Gasteiger partial charge in [-0.15, -0.1) is 0 Å². The lowest BCUT2D eigenvalue weighted by Crippen LogP contribution is -2.45. The minimum atomic E-state index is -0.277. The summed E-state index contributed by atoms with van der Waals surface area (Å²) in [5.74, 6) is -0.0438. The van der Waals surface area contributed by atoms with E-state index in [4.69, 9.17) is 9.47 Å². The van der Waals surface area contributed by atoms with E-state index in [-0.39, 0.29) is 17.6 Å². The Morgan fingerprint density at radius 3 is 2.53 bits per heavy atom. The molecule has 2 aromatic carbocycles. The van der Waals surface area contributed by atoms with Crippen LogP contribution in [0, 0.1) is 13.8 Å². The minimum Gasteiger partial charge on any atom is -0.377 e. The predicted octanol–water partition coefficient (Wildman–Crippen LogP) is 3.48. The molecule has 2 heterocycles. The van der Waals surface area contributed by atoms with E-state index < -0.39 is 0 Å². The number of ether oxygens (including phenoxy) is 2. The summed E-state index contributed by atoms with van der Waals surface area (Å²) in [7, 11) is 0. The number of amides is 1. The standard InChI is InChI=1S/C25H32N2O3/c1-19-3-7-21(8-4-19)16-27-13-14-29-18-25(17-27)12-11-23(30-25)15-26-24(28)22-9-5-20(2)6-10-22/h3-10,23H,11-18H2,1-2H3,(H,26,28)/t23-,25+/m0/s1. The summed E-state index contributed by atoms with van der Waals surface area (Å²) in [5.41, 5.74) is 4.16. The van der Waals surface area contributed by atoms with E-state index in [1.54, 1.807) is 0 Å². The van der Waals surface area contributed by atoms with Crippen molar-refractivity contribution in [2.75, 3.05) is 32.8 Å². The summed E-state index contributed by atoms with van der Waals surface area (Å²) in [5, 5.41) is 3.04. The second-order valence-electron chi connectivity index (χ2n) is 8.79. The molecule has 1 N–H and O–H groups in total. The van der Waals surface area contributed by atoms with E-state index in [0.717, 1.165) is 44.6 Å². The highest BCUT2D eigenvalue weighted by molar-refractivity contribution is 5.94. The van der Waals surface area contributed by atoms with Crippen LogP contribution in [-0.2, 0) is 16.0 Å². The molecule has 2 aliphatic rings. The SMILES string of the molecule is Cc1ccc(CN2CCOC[C@@]3(CC[C@@H](CNC(=O)c4ccc(C)cc4)O3)C2)cc1. The van der Waals surface area contributed by atoms with Gasteiger partial charge in [-0.2, -0.15) is 0 Å². The summed E-state index contributed by atoms with van der Waals surface area (Å²) in [4.78, 5) is 14.9. The van der Waals surface area contributed by atoms with Crippen LogP contribution in [0.3, 0.4) is 0 Å². The molecule has 0 unspecified atom stereocenters. The van der Waals surface area contributed by atoms with Gasteiger partial charge in [-0.25, -0.2) is 0 Å². The van der Waals surface area contributed by atoms with E-state index in [1.807, 2.05) is 31.2 Å². The molecule has 1 amide bonds. The number of rotatable bonds is 5. The van der Waals surface area contributed by atoms with Crippen molar-refractivity contribution in [3.8, 4) is 0 Å². The zero-order chi connectivity index (χ0) is 21.0. The summed E-state index contributed by atoms with van der Waals surface area (Å²) >= 11 is 0. The van der Waals surface area contributed by atoms with Crippen LogP contribution in [0.2, 0.25) is 0 Å². The van der Waals surface area contributed by atoms with Gasteiger partial charge in [-0.1, -0.05) is 47.5 Å². The molecule has 0 aromatic heterocycles. The van der Waals surface area contributed by atoms with Crippen molar-refractivity contribution >= 4 is 5.91 Å². The quantitative estimate of drug-likeness (QED) is 0.823. The van der Waals surface area contributed by atoms with E-state index >= 15 is 0 Å². The molecule has 4 rings (SSSR count). The van der Waals surface area contributed by atoms with Gasteiger partial charge in [0.15, 0.2) is 0 Å². The van der Waals surface area contributed by atoms with Gasteiger partial charge >= 0.3 is 0 Å². The lowest BCUT2D eigenvalue weighted by molar-refractivity contribution is -0.0849. The molecule has 0 saturated carbocycles. The largest absolute Gasteiger partial charge is 0.377 e. The minimum absolute atomic E-state index is 0.0299. The highest BCUT2D eigenvalue weighted by Crippen LogP contribution is 2.33. The zero-order valence-electron chi connectivity index (χ0n) is 18.0. The highest BCUT2D eigenvalue weighted by Gasteiger charge is 2.43. The molecule has 5 nitrogen and oxygen atoms in total. The number of nitrogens with one attached hydrogen (secondary N) is 1. The monoisotopic (exact) mass is 408 g/mol. The van der Waals surface area contributed by atoms with Crippen molar-refractivity contribution in [2.45, 2.75) is 44.9 Å². The van der Waals surface area contributed by atoms with Crippen molar-refractivity contribution in [1.29, 1.82) is 0 Å². The lowest BCUT2D eigenvalue weighted by atomic mass is 9.99. The van der Waals surface area contributed by atoms with Gasteiger partial charge in [0.25, 0.3) is 5.91 Å². The second kappa shape index (κ2) is 9.29. The molecular weight excluding hydrogens is 376 g/mol. The van der Waals surface area contributed by atoms with Crippen LogP contribution in [0.1, 0.15) is 39.9 Å². The predicted molar refractivity (Wildman–Crippen MR) is 118 cm³/mol. The maximum absolute atomic E-state index is 12.4. The van der Waals surface area contributed by atoms with Crippen molar-refractivity contribution in [2.24, 2.45) is 0 Å². The fourth-order valence-electron chi connectivity index (χ4n) is 4.35. The van der Waals surface area contributed by atoms with Gasteiger partial charge in [0.1, 0.15) is 5.60 Å². The molecule has 0 radical (unpaired) electrons. The molecule has 2 fully saturated rings. The van der Waals surface area contributed by atoms with Crippen molar-refractivity contribution < 1.29 is 14.3 Å². The number of nitrogens with zero attached hydrogens (tertiary/aromatic N) is 1. The average molecular weight is 409 g/mol. The molecular formula is C25H32N2O3. The number of benzene rings is 2. The first-order valence-corrected chi connectivity index (χ1v) is 10.9. The maximum Gasteiger partial charge on any atom is 0.251 e. The Balaban J connectivity index is 1.32. The first-order chi connectivity index (χ1) is 14.5. The molecule has 2 saturated heterocycles.